The Balaban J connectivity index is 1.55. The van der Waals surface area contributed by atoms with Gasteiger partial charge in [0.2, 0.25) is 0 Å². The summed E-state index contributed by atoms with van der Waals surface area (Å²) in [5, 5.41) is 1.28. The highest BCUT2D eigenvalue weighted by Gasteiger charge is 2.35. The van der Waals surface area contributed by atoms with Crippen molar-refractivity contribution in [2.45, 2.75) is 25.9 Å². The standard InChI is InChI=1S/C30H26N2O/c1-3-9-26-19(2)21-10-4-6-14-27(21)32(26)28-15-7-5-11-22(28)20-16-17-29-24(18-20)23-12-8-13-25(31)30(23)33-29/h3-18,23,30H,31H2,1-2H3/b9-3-. The van der Waals surface area contributed by atoms with Gasteiger partial charge in [0.1, 0.15) is 11.9 Å². The van der Waals surface area contributed by atoms with Gasteiger partial charge in [-0.3, -0.25) is 0 Å². The number of hydrogen-bond donors (Lipinski definition) is 1. The molecule has 1 aliphatic carbocycles. The van der Waals surface area contributed by atoms with E-state index in [9.17, 15) is 0 Å². The topological polar surface area (TPSA) is 40.2 Å². The summed E-state index contributed by atoms with van der Waals surface area (Å²) in [6.45, 7) is 4.28. The fourth-order valence-corrected chi connectivity index (χ4v) is 5.27. The van der Waals surface area contributed by atoms with Crippen molar-refractivity contribution in [2.24, 2.45) is 5.73 Å². The van der Waals surface area contributed by atoms with E-state index in [-0.39, 0.29) is 12.0 Å². The van der Waals surface area contributed by atoms with E-state index >= 15 is 0 Å². The van der Waals surface area contributed by atoms with Gasteiger partial charge in [0.05, 0.1) is 16.9 Å². The summed E-state index contributed by atoms with van der Waals surface area (Å²) in [5.74, 6) is 1.08. The zero-order valence-corrected chi connectivity index (χ0v) is 18.8. The van der Waals surface area contributed by atoms with Crippen molar-refractivity contribution in [3.05, 3.63) is 114 Å². The van der Waals surface area contributed by atoms with Crippen LogP contribution in [0.1, 0.15) is 29.7 Å². The fraction of sp³-hybridized carbons (Fsp3) is 0.133. The molecule has 1 aliphatic heterocycles. The molecule has 3 nitrogen and oxygen atoms in total. The Hall–Kier alpha value is -3.98. The Labute approximate surface area is 194 Å². The van der Waals surface area contributed by atoms with Gasteiger partial charge in [0.15, 0.2) is 0 Å². The van der Waals surface area contributed by atoms with Crippen molar-refractivity contribution >= 4 is 17.0 Å². The minimum absolute atomic E-state index is 0.104. The number of allylic oxidation sites excluding steroid dienone is 3. The largest absolute Gasteiger partial charge is 0.483 e. The number of hydrogen-bond acceptors (Lipinski definition) is 2. The van der Waals surface area contributed by atoms with Crippen LogP contribution in [0.4, 0.5) is 0 Å². The van der Waals surface area contributed by atoms with Gasteiger partial charge in [-0.1, -0.05) is 60.7 Å². The van der Waals surface area contributed by atoms with E-state index < -0.39 is 0 Å². The fourth-order valence-electron chi connectivity index (χ4n) is 5.27. The van der Waals surface area contributed by atoms with Gasteiger partial charge in [-0.15, -0.1) is 0 Å². The molecule has 33 heavy (non-hydrogen) atoms. The van der Waals surface area contributed by atoms with Gasteiger partial charge in [-0.25, -0.2) is 0 Å². The number of ether oxygens (including phenoxy) is 1. The summed E-state index contributed by atoms with van der Waals surface area (Å²) < 4.78 is 8.56. The van der Waals surface area contributed by atoms with Crippen LogP contribution in [-0.2, 0) is 0 Å². The van der Waals surface area contributed by atoms with Crippen LogP contribution >= 0.6 is 0 Å². The highest BCUT2D eigenvalue weighted by Crippen LogP contribution is 2.45. The highest BCUT2D eigenvalue weighted by atomic mass is 16.5. The quantitative estimate of drug-likeness (QED) is 0.384. The van der Waals surface area contributed by atoms with Gasteiger partial charge < -0.3 is 15.0 Å². The lowest BCUT2D eigenvalue weighted by Crippen LogP contribution is -2.26. The first kappa shape index (κ1) is 19.7. The molecular formula is C30H26N2O. The Morgan fingerprint density at radius 1 is 1.00 bits per heavy atom. The average molecular weight is 431 g/mol. The second kappa shape index (κ2) is 7.56. The third-order valence-corrected chi connectivity index (χ3v) is 6.84. The predicted octanol–water partition coefficient (Wildman–Crippen LogP) is 6.90. The van der Waals surface area contributed by atoms with Gasteiger partial charge in [-0.2, -0.15) is 0 Å². The number of nitrogens with zero attached hydrogens (tertiary/aromatic N) is 1. The van der Waals surface area contributed by atoms with Gasteiger partial charge >= 0.3 is 0 Å². The maximum Gasteiger partial charge on any atom is 0.148 e. The zero-order chi connectivity index (χ0) is 22.5. The van der Waals surface area contributed by atoms with Crippen molar-refractivity contribution in [2.75, 3.05) is 0 Å². The van der Waals surface area contributed by atoms with Crippen LogP contribution in [0.3, 0.4) is 0 Å². The van der Waals surface area contributed by atoms with E-state index in [1.165, 1.54) is 44.5 Å². The summed E-state index contributed by atoms with van der Waals surface area (Å²) in [4.78, 5) is 0. The first-order valence-corrected chi connectivity index (χ1v) is 11.4. The molecule has 6 rings (SSSR count). The molecule has 0 bridgehead atoms. The molecule has 0 amide bonds. The van der Waals surface area contributed by atoms with E-state index in [1.807, 2.05) is 12.2 Å². The third kappa shape index (κ3) is 2.96. The number of aromatic nitrogens is 1. The molecule has 0 spiro atoms. The van der Waals surface area contributed by atoms with E-state index in [1.54, 1.807) is 0 Å². The first-order chi connectivity index (χ1) is 16.2. The van der Waals surface area contributed by atoms with Gasteiger partial charge in [-0.05, 0) is 61.4 Å². The lowest BCUT2D eigenvalue weighted by Gasteiger charge is -2.19. The Morgan fingerprint density at radius 3 is 2.70 bits per heavy atom. The molecule has 2 aliphatic rings. The average Bonchev–Trinajstić information content (AvgIpc) is 3.36. The van der Waals surface area contributed by atoms with Crippen LogP contribution in [0.5, 0.6) is 5.75 Å². The molecule has 2 N–H and O–H groups in total. The van der Waals surface area contributed by atoms with Crippen molar-refractivity contribution in [1.82, 2.24) is 4.57 Å². The second-order valence-electron chi connectivity index (χ2n) is 8.75. The van der Waals surface area contributed by atoms with Crippen molar-refractivity contribution in [1.29, 1.82) is 0 Å². The minimum atomic E-state index is -0.104. The predicted molar refractivity (Wildman–Crippen MR) is 137 cm³/mol. The molecule has 0 saturated carbocycles. The van der Waals surface area contributed by atoms with Crippen LogP contribution in [0.15, 0.2) is 96.7 Å². The second-order valence-corrected chi connectivity index (χ2v) is 8.75. The Bertz CT molecular complexity index is 1480. The van der Waals surface area contributed by atoms with E-state index in [0.29, 0.717) is 0 Å². The van der Waals surface area contributed by atoms with E-state index in [2.05, 4.69) is 103 Å². The monoisotopic (exact) mass is 430 g/mol. The molecule has 2 atom stereocenters. The van der Waals surface area contributed by atoms with E-state index in [0.717, 1.165) is 11.4 Å². The molecule has 2 unspecified atom stereocenters. The van der Waals surface area contributed by atoms with Crippen LogP contribution < -0.4 is 10.5 Å². The third-order valence-electron chi connectivity index (χ3n) is 6.84. The van der Waals surface area contributed by atoms with Crippen molar-refractivity contribution in [3.8, 4) is 22.6 Å². The molecule has 162 valence electrons. The summed E-state index contributed by atoms with van der Waals surface area (Å²) in [6, 6.07) is 23.8. The highest BCUT2D eigenvalue weighted by molar-refractivity contribution is 5.91. The summed E-state index contributed by atoms with van der Waals surface area (Å²) in [6.07, 6.45) is 10.4. The molecule has 0 saturated heterocycles. The molecule has 0 radical (unpaired) electrons. The molecule has 1 aromatic heterocycles. The molecule has 2 heterocycles. The number of nitrogens with two attached hydrogens (primary N) is 1. The Kier molecular flexibility index (Phi) is 4.51. The summed E-state index contributed by atoms with van der Waals surface area (Å²) in [5.41, 5.74) is 15.5. The number of aryl methyl sites for hydroxylation is 1. The molecule has 3 heteroatoms. The lowest BCUT2D eigenvalue weighted by atomic mass is 9.88. The molecule has 3 aromatic carbocycles. The first-order valence-electron chi connectivity index (χ1n) is 11.4. The number of benzene rings is 3. The lowest BCUT2D eigenvalue weighted by molar-refractivity contribution is 0.253. The van der Waals surface area contributed by atoms with Crippen LogP contribution in [-0.4, -0.2) is 10.7 Å². The normalized spacial score (nSPS) is 18.9. The number of rotatable bonds is 3. The smallest absolute Gasteiger partial charge is 0.148 e. The minimum Gasteiger partial charge on any atom is -0.483 e. The SMILES string of the molecule is C/C=C\c1c(C)c2ccccc2n1-c1ccccc1-c1ccc2c(c1)C1C=CC=C(N)C1O2. The maximum atomic E-state index is 6.22. The van der Waals surface area contributed by atoms with E-state index in [4.69, 9.17) is 10.5 Å². The Morgan fingerprint density at radius 2 is 1.82 bits per heavy atom. The van der Waals surface area contributed by atoms with Gasteiger partial charge in [0, 0.05) is 28.1 Å². The molecular weight excluding hydrogens is 404 g/mol. The number of para-hydroxylation sites is 2. The maximum absolute atomic E-state index is 6.22. The summed E-state index contributed by atoms with van der Waals surface area (Å²) >= 11 is 0. The molecule has 0 fully saturated rings. The summed E-state index contributed by atoms with van der Waals surface area (Å²) in [7, 11) is 0. The number of fused-ring (bicyclic) bond motifs is 4. The van der Waals surface area contributed by atoms with Crippen LogP contribution in [0, 0.1) is 6.92 Å². The van der Waals surface area contributed by atoms with Crippen molar-refractivity contribution in [3.63, 3.8) is 0 Å². The van der Waals surface area contributed by atoms with Gasteiger partial charge in [0.25, 0.3) is 0 Å². The zero-order valence-electron chi connectivity index (χ0n) is 18.8. The van der Waals surface area contributed by atoms with Crippen LogP contribution in [0.25, 0.3) is 33.8 Å². The van der Waals surface area contributed by atoms with Crippen molar-refractivity contribution < 1.29 is 4.74 Å². The molecule has 4 aromatic rings. The van der Waals surface area contributed by atoms with Crippen LogP contribution in [0.2, 0.25) is 0 Å².